The van der Waals surface area contributed by atoms with E-state index >= 15 is 4.39 Å². The molecule has 1 aliphatic rings. The third-order valence-corrected chi connectivity index (χ3v) is 6.71. The Kier molecular flexibility index (Phi) is 8.97. The van der Waals surface area contributed by atoms with E-state index in [-0.39, 0.29) is 11.3 Å². The summed E-state index contributed by atoms with van der Waals surface area (Å²) in [6.07, 6.45) is 6.97. The first-order valence-electron chi connectivity index (χ1n) is 12.5. The molecule has 0 spiro atoms. The summed E-state index contributed by atoms with van der Waals surface area (Å²) in [5.41, 5.74) is 3.16. The summed E-state index contributed by atoms with van der Waals surface area (Å²) in [5, 5.41) is 2.14. The van der Waals surface area contributed by atoms with Gasteiger partial charge < -0.3 is 0 Å². The molecule has 186 valence electrons. The molecule has 1 aliphatic carbocycles. The van der Waals surface area contributed by atoms with Crippen molar-refractivity contribution in [1.29, 1.82) is 0 Å². The van der Waals surface area contributed by atoms with Crippen molar-refractivity contribution in [3.8, 4) is 23.7 Å². The number of benzene rings is 3. The first-order valence-corrected chi connectivity index (χ1v) is 12.9. The van der Waals surface area contributed by atoms with Crippen molar-refractivity contribution in [2.24, 2.45) is 10.9 Å². The summed E-state index contributed by atoms with van der Waals surface area (Å²) in [6, 6.07) is 12.9. The van der Waals surface area contributed by atoms with Gasteiger partial charge in [-0.3, -0.25) is 0 Å². The van der Waals surface area contributed by atoms with Gasteiger partial charge in [0.1, 0.15) is 17.3 Å². The maximum atomic E-state index is 15.2. The van der Waals surface area contributed by atoms with Gasteiger partial charge in [-0.25, -0.2) is 13.2 Å². The first kappa shape index (κ1) is 26.4. The van der Waals surface area contributed by atoms with Crippen LogP contribution in [0.15, 0.2) is 53.5 Å². The molecule has 0 N–H and O–H groups in total. The van der Waals surface area contributed by atoms with Crippen LogP contribution in [0.5, 0.6) is 0 Å². The van der Waals surface area contributed by atoms with Crippen LogP contribution >= 0.6 is 12.2 Å². The molecule has 0 heterocycles. The van der Waals surface area contributed by atoms with Crippen LogP contribution in [0.25, 0.3) is 0 Å². The summed E-state index contributed by atoms with van der Waals surface area (Å²) in [4.78, 5) is 3.64. The SMILES string of the molecule is CCCCCC1CCc2c(cc(F)c(C#Cc3ccc(C#Cc4ccc(N=C=S)c(F)c4)cc3)c2F)C1. The molecular weight excluding hydrogens is 487 g/mol. The molecule has 1 unspecified atom stereocenters. The van der Waals surface area contributed by atoms with Crippen molar-refractivity contribution in [1.82, 2.24) is 0 Å². The maximum absolute atomic E-state index is 15.2. The molecule has 0 radical (unpaired) electrons. The van der Waals surface area contributed by atoms with Gasteiger partial charge in [0.05, 0.1) is 10.7 Å². The predicted octanol–water partition coefficient (Wildman–Crippen LogP) is 8.32. The number of aliphatic imine (C=N–C) groups is 1. The molecule has 1 nitrogen and oxygen atoms in total. The number of unbranched alkanes of at least 4 members (excludes halogenated alkanes) is 2. The summed E-state index contributed by atoms with van der Waals surface area (Å²) in [5.74, 6) is 10.3. The fourth-order valence-corrected chi connectivity index (χ4v) is 4.71. The molecule has 3 aromatic carbocycles. The smallest absolute Gasteiger partial charge is 0.150 e. The van der Waals surface area contributed by atoms with Gasteiger partial charge in [-0.2, -0.15) is 4.99 Å². The average Bonchev–Trinajstić information content (AvgIpc) is 2.89. The topological polar surface area (TPSA) is 12.4 Å². The lowest BCUT2D eigenvalue weighted by molar-refractivity contribution is 0.399. The molecule has 0 aliphatic heterocycles. The zero-order chi connectivity index (χ0) is 26.2. The van der Waals surface area contributed by atoms with E-state index in [1.807, 2.05) is 0 Å². The van der Waals surface area contributed by atoms with Crippen molar-refractivity contribution >= 4 is 23.1 Å². The fraction of sp³-hybridized carbons (Fsp3) is 0.281. The van der Waals surface area contributed by atoms with E-state index in [0.29, 0.717) is 34.6 Å². The maximum Gasteiger partial charge on any atom is 0.150 e. The molecule has 37 heavy (non-hydrogen) atoms. The molecule has 0 saturated heterocycles. The van der Waals surface area contributed by atoms with Crippen LogP contribution in [0, 0.1) is 47.1 Å². The number of hydrogen-bond donors (Lipinski definition) is 0. The second-order valence-electron chi connectivity index (χ2n) is 9.24. The van der Waals surface area contributed by atoms with Crippen molar-refractivity contribution in [2.75, 3.05) is 0 Å². The highest BCUT2D eigenvalue weighted by molar-refractivity contribution is 7.78. The van der Waals surface area contributed by atoms with Crippen LogP contribution in [-0.4, -0.2) is 5.16 Å². The van der Waals surface area contributed by atoms with E-state index in [1.165, 1.54) is 37.5 Å². The molecule has 5 heteroatoms. The zero-order valence-corrected chi connectivity index (χ0v) is 21.5. The van der Waals surface area contributed by atoms with Gasteiger partial charge in [-0.15, -0.1) is 0 Å². The molecule has 0 amide bonds. The lowest BCUT2D eigenvalue weighted by atomic mass is 9.80. The van der Waals surface area contributed by atoms with E-state index in [4.69, 9.17) is 0 Å². The van der Waals surface area contributed by atoms with Crippen molar-refractivity contribution < 1.29 is 13.2 Å². The van der Waals surface area contributed by atoms with Crippen LogP contribution in [-0.2, 0) is 12.8 Å². The molecule has 0 aromatic heterocycles. The molecule has 4 rings (SSSR count). The third-order valence-electron chi connectivity index (χ3n) is 6.62. The van der Waals surface area contributed by atoms with Gasteiger partial charge in [-0.1, -0.05) is 56.3 Å². The summed E-state index contributed by atoms with van der Waals surface area (Å²) in [7, 11) is 0. The van der Waals surface area contributed by atoms with Crippen LogP contribution in [0.2, 0.25) is 0 Å². The van der Waals surface area contributed by atoms with Crippen LogP contribution < -0.4 is 0 Å². The highest BCUT2D eigenvalue weighted by Gasteiger charge is 2.24. The average molecular weight is 514 g/mol. The Hall–Kier alpha value is -3.63. The lowest BCUT2D eigenvalue weighted by Crippen LogP contribution is -2.17. The van der Waals surface area contributed by atoms with Gasteiger partial charge in [0.15, 0.2) is 5.82 Å². The van der Waals surface area contributed by atoms with Crippen LogP contribution in [0.3, 0.4) is 0 Å². The van der Waals surface area contributed by atoms with E-state index in [2.05, 4.69) is 53.0 Å². The van der Waals surface area contributed by atoms with Crippen molar-refractivity contribution in [3.63, 3.8) is 0 Å². The Labute approximate surface area is 221 Å². The van der Waals surface area contributed by atoms with E-state index < -0.39 is 17.5 Å². The highest BCUT2D eigenvalue weighted by atomic mass is 32.1. The van der Waals surface area contributed by atoms with Gasteiger partial charge >= 0.3 is 0 Å². The second-order valence-corrected chi connectivity index (χ2v) is 9.42. The zero-order valence-electron chi connectivity index (χ0n) is 20.6. The summed E-state index contributed by atoms with van der Waals surface area (Å²) in [6.45, 7) is 2.18. The van der Waals surface area contributed by atoms with Crippen molar-refractivity contribution in [2.45, 2.75) is 51.9 Å². The monoisotopic (exact) mass is 513 g/mol. The van der Waals surface area contributed by atoms with Gasteiger partial charge in [0.2, 0.25) is 0 Å². The minimum Gasteiger partial charge on any atom is -0.206 e. The quantitative estimate of drug-likeness (QED) is 0.145. The Morgan fingerprint density at radius 2 is 1.54 bits per heavy atom. The number of nitrogens with zero attached hydrogens (tertiary/aromatic N) is 1. The highest BCUT2D eigenvalue weighted by Crippen LogP contribution is 2.32. The number of halogens is 3. The van der Waals surface area contributed by atoms with Crippen LogP contribution in [0.4, 0.5) is 18.9 Å². The molecule has 1 atom stereocenters. The Bertz CT molecular complexity index is 1460. The lowest BCUT2D eigenvalue weighted by Gasteiger charge is -2.25. The fourth-order valence-electron chi connectivity index (χ4n) is 4.61. The van der Waals surface area contributed by atoms with Crippen LogP contribution in [0.1, 0.15) is 72.4 Å². The third kappa shape index (κ3) is 6.78. The summed E-state index contributed by atoms with van der Waals surface area (Å²) >= 11 is 4.50. The molecule has 0 saturated carbocycles. The number of thiocarbonyl (C=S) groups is 1. The number of rotatable bonds is 5. The van der Waals surface area contributed by atoms with Gasteiger partial charge in [0.25, 0.3) is 0 Å². The van der Waals surface area contributed by atoms with E-state index in [1.54, 1.807) is 30.3 Å². The molecular formula is C32H26F3NS. The number of isothiocyanates is 1. The van der Waals surface area contributed by atoms with Gasteiger partial charge in [0, 0.05) is 16.7 Å². The predicted molar refractivity (Wildman–Crippen MR) is 146 cm³/mol. The minimum atomic E-state index is -0.602. The van der Waals surface area contributed by atoms with Gasteiger partial charge in [-0.05, 0) is 97.1 Å². The largest absolute Gasteiger partial charge is 0.206 e. The molecule has 0 bridgehead atoms. The Morgan fingerprint density at radius 3 is 2.22 bits per heavy atom. The summed E-state index contributed by atoms with van der Waals surface area (Å²) < 4.78 is 43.9. The number of hydrogen-bond acceptors (Lipinski definition) is 2. The molecule has 3 aromatic rings. The Balaban J connectivity index is 1.47. The number of fused-ring (bicyclic) bond motifs is 1. The van der Waals surface area contributed by atoms with E-state index in [0.717, 1.165) is 24.8 Å². The Morgan fingerprint density at radius 1 is 0.865 bits per heavy atom. The second kappa shape index (κ2) is 12.6. The first-order chi connectivity index (χ1) is 18.0. The van der Waals surface area contributed by atoms with E-state index in [9.17, 15) is 8.78 Å². The normalized spacial score (nSPS) is 13.9. The molecule has 0 fully saturated rings. The standard InChI is InChI=1S/C32H26F3NS/c1-2-3-4-5-24-13-15-27-26(18-24)20-29(33)28(32(27)35)16-12-23-8-6-22(7-9-23)10-11-25-14-17-31(36-21-37)30(34)19-25/h6-9,14,17,19-20,24H,2-5,13,15,18H2,1H3. The van der Waals surface area contributed by atoms with Crippen molar-refractivity contribution in [3.05, 3.63) is 99.4 Å². The minimum absolute atomic E-state index is 0.113.